The monoisotopic (exact) mass is 494 g/mol. The number of carboxylic acids is 2. The molecular formula is C22H40Na2O7S. The van der Waals surface area contributed by atoms with E-state index in [9.17, 15) is 32.8 Å². The van der Waals surface area contributed by atoms with E-state index in [2.05, 4.69) is 13.8 Å². The predicted molar refractivity (Wildman–Crippen MR) is 113 cm³/mol. The number of carbonyl (C=O) groups excluding carboxylic acids is 2. The van der Waals surface area contributed by atoms with Crippen molar-refractivity contribution in [3.63, 3.8) is 0 Å². The largest absolute Gasteiger partial charge is 1.00 e. The maximum Gasteiger partial charge on any atom is 1.00 e. The van der Waals surface area contributed by atoms with Crippen molar-refractivity contribution in [1.29, 1.82) is 0 Å². The van der Waals surface area contributed by atoms with Gasteiger partial charge in [-0.15, -0.1) is 0 Å². The first kappa shape index (κ1) is 37.4. The molecule has 0 aliphatic carbocycles. The van der Waals surface area contributed by atoms with Crippen LogP contribution >= 0.6 is 0 Å². The van der Waals surface area contributed by atoms with Crippen LogP contribution in [0.1, 0.15) is 117 Å². The van der Waals surface area contributed by atoms with Crippen molar-refractivity contribution in [1.82, 2.24) is 0 Å². The van der Waals surface area contributed by atoms with Crippen LogP contribution in [0.15, 0.2) is 0 Å². The Morgan fingerprint density at radius 3 is 1.28 bits per heavy atom. The molecule has 0 aromatic carbocycles. The average molecular weight is 495 g/mol. The van der Waals surface area contributed by atoms with Gasteiger partial charge in [0.1, 0.15) is 5.25 Å². The molecule has 0 bridgehead atoms. The van der Waals surface area contributed by atoms with Gasteiger partial charge in [-0.25, -0.2) is 0 Å². The Kier molecular flexibility index (Phi) is 24.7. The minimum atomic E-state index is -5.16. The third-order valence-electron chi connectivity index (χ3n) is 5.87. The molecule has 0 amide bonds. The van der Waals surface area contributed by atoms with Gasteiger partial charge >= 0.3 is 59.1 Å². The zero-order chi connectivity index (χ0) is 23.0. The van der Waals surface area contributed by atoms with E-state index in [1.165, 1.54) is 0 Å². The van der Waals surface area contributed by atoms with Gasteiger partial charge in [0.15, 0.2) is 0 Å². The molecule has 7 nitrogen and oxygen atoms in total. The predicted octanol–water partition coefficient (Wildman–Crippen LogP) is -2.98. The molecule has 0 rings (SSSR count). The SMILES string of the molecule is CCCCCCCCCC(CCCCCCCCC)(C(=O)[O-])C(C(=O)[O-])S(=O)(=O)O.[Na+].[Na+]. The average Bonchev–Trinajstić information content (AvgIpc) is 2.64. The Labute approximate surface area is 239 Å². The van der Waals surface area contributed by atoms with Crippen molar-refractivity contribution in [2.24, 2.45) is 5.41 Å². The van der Waals surface area contributed by atoms with E-state index in [0.29, 0.717) is 25.7 Å². The number of hydrogen-bond acceptors (Lipinski definition) is 6. The summed E-state index contributed by atoms with van der Waals surface area (Å²) in [5.41, 5.74) is -2.18. The Hall–Kier alpha value is 0.850. The van der Waals surface area contributed by atoms with Crippen LogP contribution in [0.2, 0.25) is 0 Å². The van der Waals surface area contributed by atoms with E-state index in [0.717, 1.165) is 64.2 Å². The number of rotatable bonds is 20. The fraction of sp³-hybridized carbons (Fsp3) is 0.909. The molecular weight excluding hydrogens is 454 g/mol. The molecule has 178 valence electrons. The fourth-order valence-electron chi connectivity index (χ4n) is 4.13. The molecule has 1 N–H and O–H groups in total. The molecule has 0 heterocycles. The van der Waals surface area contributed by atoms with Gasteiger partial charge in [0.2, 0.25) is 0 Å². The first-order valence-electron chi connectivity index (χ1n) is 11.5. The molecule has 0 spiro atoms. The quantitative estimate of drug-likeness (QED) is 0.108. The van der Waals surface area contributed by atoms with E-state index in [4.69, 9.17) is 0 Å². The van der Waals surface area contributed by atoms with Gasteiger partial charge in [-0.1, -0.05) is 104 Å². The van der Waals surface area contributed by atoms with Gasteiger partial charge in [0.25, 0.3) is 10.1 Å². The third-order valence-corrected chi connectivity index (χ3v) is 7.11. The summed E-state index contributed by atoms with van der Waals surface area (Å²) in [7, 11) is -5.16. The molecule has 0 aromatic rings. The van der Waals surface area contributed by atoms with Crippen molar-refractivity contribution in [2.45, 2.75) is 122 Å². The number of carboxylic acid groups (broad SMARTS) is 2. The number of aliphatic carboxylic acids is 2. The molecule has 10 heteroatoms. The third kappa shape index (κ3) is 15.0. The fourth-order valence-corrected chi connectivity index (χ4v) is 5.27. The Morgan fingerprint density at radius 2 is 1.03 bits per heavy atom. The van der Waals surface area contributed by atoms with Crippen molar-refractivity contribution in [3.05, 3.63) is 0 Å². The molecule has 0 aliphatic rings. The molecule has 0 aliphatic heterocycles. The molecule has 0 saturated heterocycles. The summed E-state index contributed by atoms with van der Waals surface area (Å²) in [6, 6.07) is 0. The van der Waals surface area contributed by atoms with Gasteiger partial charge in [0, 0.05) is 11.4 Å². The standard InChI is InChI=1S/C22H42O7S.2Na/c1-3-5-7-9-11-13-15-17-22(21(25)26,19(20(23)24)30(27,28)29)18-16-14-12-10-8-6-4-2;;/h19H,3-18H2,1-2H3,(H,23,24)(H,25,26)(H,27,28,29);;/q;2*+1/p-2. The smallest absolute Gasteiger partial charge is 0.549 e. The minimum Gasteiger partial charge on any atom is -0.549 e. The topological polar surface area (TPSA) is 135 Å². The molecule has 0 saturated carbocycles. The van der Waals surface area contributed by atoms with Crippen LogP contribution in [0.25, 0.3) is 0 Å². The molecule has 32 heavy (non-hydrogen) atoms. The Morgan fingerprint density at radius 1 is 0.719 bits per heavy atom. The maximum atomic E-state index is 12.0. The zero-order valence-corrected chi connectivity index (χ0v) is 25.5. The minimum absolute atomic E-state index is 0. The van der Waals surface area contributed by atoms with Crippen LogP contribution in [0.4, 0.5) is 0 Å². The first-order chi connectivity index (χ1) is 14.1. The van der Waals surface area contributed by atoms with Crippen LogP contribution in [0.3, 0.4) is 0 Å². The summed E-state index contributed by atoms with van der Waals surface area (Å²) >= 11 is 0. The van der Waals surface area contributed by atoms with Gasteiger partial charge in [-0.2, -0.15) is 8.42 Å². The summed E-state index contributed by atoms with van der Waals surface area (Å²) in [4.78, 5) is 23.6. The second-order valence-corrected chi connectivity index (χ2v) is 9.90. The normalized spacial score (nSPS) is 12.5. The van der Waals surface area contributed by atoms with Gasteiger partial charge in [-0.05, 0) is 12.8 Å². The van der Waals surface area contributed by atoms with Crippen LogP contribution in [-0.2, 0) is 19.7 Å². The van der Waals surface area contributed by atoms with Crippen molar-refractivity contribution in [3.8, 4) is 0 Å². The summed E-state index contributed by atoms with van der Waals surface area (Å²) in [6.07, 6.45) is 12.0. The molecule has 0 fully saturated rings. The zero-order valence-electron chi connectivity index (χ0n) is 20.7. The summed E-state index contributed by atoms with van der Waals surface area (Å²) in [5, 5.41) is 21.1. The van der Waals surface area contributed by atoms with E-state index in [-0.39, 0.29) is 72.0 Å². The Balaban J connectivity index is -0.00000420. The summed E-state index contributed by atoms with van der Waals surface area (Å²) in [6.45, 7) is 4.21. The maximum absolute atomic E-state index is 12.0. The number of carbonyl (C=O) groups is 2. The van der Waals surface area contributed by atoms with E-state index in [1.807, 2.05) is 0 Å². The van der Waals surface area contributed by atoms with E-state index in [1.54, 1.807) is 0 Å². The van der Waals surface area contributed by atoms with E-state index < -0.39 is 32.7 Å². The van der Waals surface area contributed by atoms with Gasteiger partial charge in [0.05, 0.1) is 5.97 Å². The van der Waals surface area contributed by atoms with Crippen LogP contribution in [0, 0.1) is 5.41 Å². The van der Waals surface area contributed by atoms with Crippen molar-refractivity contribution in [2.75, 3.05) is 0 Å². The summed E-state index contributed by atoms with van der Waals surface area (Å²) < 4.78 is 33.1. The molecule has 1 unspecified atom stereocenters. The van der Waals surface area contributed by atoms with Crippen molar-refractivity contribution >= 4 is 22.1 Å². The first-order valence-corrected chi connectivity index (χ1v) is 13.0. The van der Waals surface area contributed by atoms with Crippen LogP contribution in [-0.4, -0.2) is 30.2 Å². The van der Waals surface area contributed by atoms with Gasteiger partial charge in [-0.3, -0.25) is 4.55 Å². The second kappa shape index (κ2) is 21.2. The second-order valence-electron chi connectivity index (χ2n) is 8.40. The number of unbranched alkanes of at least 4 members (excludes halogenated alkanes) is 12. The number of hydrogen-bond donors (Lipinski definition) is 1. The van der Waals surface area contributed by atoms with Crippen LogP contribution < -0.4 is 69.3 Å². The molecule has 0 aromatic heterocycles. The molecule has 0 radical (unpaired) electrons. The summed E-state index contributed by atoms with van der Waals surface area (Å²) in [5.74, 6) is -3.83. The van der Waals surface area contributed by atoms with Crippen LogP contribution in [0.5, 0.6) is 0 Å². The Bertz CT molecular complexity index is 579. The molecule has 1 atom stereocenters. The van der Waals surface area contributed by atoms with E-state index >= 15 is 0 Å². The van der Waals surface area contributed by atoms with Crippen molar-refractivity contribution < 1.29 is 91.9 Å². The van der Waals surface area contributed by atoms with Gasteiger partial charge < -0.3 is 19.8 Å².